The minimum atomic E-state index is -0.199. The molecular weight excluding hydrogens is 410 g/mol. The van der Waals surface area contributed by atoms with Gasteiger partial charge in [-0.1, -0.05) is 63.2 Å². The number of carbonyl (C=O) groups excluding carboxylic acids is 1. The molecule has 0 spiro atoms. The Balaban J connectivity index is 1.28. The van der Waals surface area contributed by atoms with E-state index in [2.05, 4.69) is 66.7 Å². The van der Waals surface area contributed by atoms with Crippen molar-refractivity contribution in [2.75, 3.05) is 11.9 Å². The molecule has 0 saturated carbocycles. The Hall–Kier alpha value is -3.73. The van der Waals surface area contributed by atoms with Gasteiger partial charge in [0.2, 0.25) is 0 Å². The van der Waals surface area contributed by atoms with Crippen LogP contribution in [0.2, 0.25) is 0 Å². The SMILES string of the molecule is CC(C)(C)c1ccc(NC(=O)NCCc2c[nH]c3cc(OCc4ccccc4)ccc23)cc1. The zero-order chi connectivity index (χ0) is 23.3. The maximum Gasteiger partial charge on any atom is 0.319 e. The fourth-order valence-electron chi connectivity index (χ4n) is 3.74. The van der Waals surface area contributed by atoms with Gasteiger partial charge in [-0.15, -0.1) is 0 Å². The lowest BCUT2D eigenvalue weighted by atomic mass is 9.87. The van der Waals surface area contributed by atoms with Gasteiger partial charge in [-0.25, -0.2) is 4.79 Å². The smallest absolute Gasteiger partial charge is 0.319 e. The van der Waals surface area contributed by atoms with E-state index in [1.54, 1.807) is 0 Å². The van der Waals surface area contributed by atoms with Crippen molar-refractivity contribution in [1.82, 2.24) is 10.3 Å². The molecule has 0 bridgehead atoms. The Kier molecular flexibility index (Phi) is 6.68. The molecule has 0 fully saturated rings. The lowest BCUT2D eigenvalue weighted by Gasteiger charge is -2.19. The number of anilines is 1. The molecule has 2 amide bonds. The number of fused-ring (bicyclic) bond motifs is 1. The number of nitrogens with one attached hydrogen (secondary N) is 3. The highest BCUT2D eigenvalue weighted by molar-refractivity contribution is 5.89. The Morgan fingerprint density at radius 1 is 0.970 bits per heavy atom. The molecule has 0 atom stereocenters. The monoisotopic (exact) mass is 441 g/mol. The molecule has 5 nitrogen and oxygen atoms in total. The van der Waals surface area contributed by atoms with Crippen molar-refractivity contribution < 1.29 is 9.53 Å². The quantitative estimate of drug-likeness (QED) is 0.310. The van der Waals surface area contributed by atoms with Crippen molar-refractivity contribution in [1.29, 1.82) is 0 Å². The van der Waals surface area contributed by atoms with Crippen LogP contribution in [-0.2, 0) is 18.4 Å². The summed E-state index contributed by atoms with van der Waals surface area (Å²) in [6.07, 6.45) is 2.73. The summed E-state index contributed by atoms with van der Waals surface area (Å²) in [7, 11) is 0. The first kappa shape index (κ1) is 22.5. The van der Waals surface area contributed by atoms with Crippen LogP contribution in [0.15, 0.2) is 79.0 Å². The lowest BCUT2D eigenvalue weighted by molar-refractivity contribution is 0.252. The molecule has 33 heavy (non-hydrogen) atoms. The molecule has 1 aromatic heterocycles. The number of rotatable bonds is 7. The molecule has 3 N–H and O–H groups in total. The number of amides is 2. The third-order valence-corrected chi connectivity index (χ3v) is 5.68. The lowest BCUT2D eigenvalue weighted by Crippen LogP contribution is -2.30. The van der Waals surface area contributed by atoms with Crippen molar-refractivity contribution in [3.05, 3.63) is 95.7 Å². The van der Waals surface area contributed by atoms with Crippen LogP contribution in [-0.4, -0.2) is 17.6 Å². The minimum absolute atomic E-state index is 0.0922. The second-order valence-electron chi connectivity index (χ2n) is 9.25. The van der Waals surface area contributed by atoms with E-state index in [0.29, 0.717) is 13.2 Å². The molecule has 0 aliphatic heterocycles. The van der Waals surface area contributed by atoms with Crippen LogP contribution in [0.5, 0.6) is 5.75 Å². The number of hydrogen-bond donors (Lipinski definition) is 3. The topological polar surface area (TPSA) is 66.2 Å². The Labute approximate surface area is 195 Å². The number of carbonyl (C=O) groups is 1. The maximum atomic E-state index is 12.3. The van der Waals surface area contributed by atoms with Gasteiger partial charge in [-0.2, -0.15) is 0 Å². The van der Waals surface area contributed by atoms with Gasteiger partial charge in [0.05, 0.1) is 0 Å². The Bertz CT molecular complexity index is 1210. The van der Waals surface area contributed by atoms with Crippen molar-refractivity contribution in [2.45, 2.75) is 39.2 Å². The van der Waals surface area contributed by atoms with Crippen LogP contribution in [0, 0.1) is 0 Å². The van der Waals surface area contributed by atoms with Gasteiger partial charge < -0.3 is 20.4 Å². The van der Waals surface area contributed by atoms with E-state index in [9.17, 15) is 4.79 Å². The molecule has 0 saturated heterocycles. The number of hydrogen-bond acceptors (Lipinski definition) is 2. The van der Waals surface area contributed by atoms with Gasteiger partial charge in [-0.05, 0) is 52.8 Å². The summed E-state index contributed by atoms with van der Waals surface area (Å²) in [4.78, 5) is 15.6. The van der Waals surface area contributed by atoms with Crippen LogP contribution in [0.25, 0.3) is 10.9 Å². The van der Waals surface area contributed by atoms with E-state index >= 15 is 0 Å². The first-order valence-electron chi connectivity index (χ1n) is 11.3. The van der Waals surface area contributed by atoms with Crippen LogP contribution >= 0.6 is 0 Å². The van der Waals surface area contributed by atoms with Crippen LogP contribution in [0.4, 0.5) is 10.5 Å². The molecule has 0 aliphatic carbocycles. The van der Waals surface area contributed by atoms with Gasteiger partial charge in [0.15, 0.2) is 0 Å². The van der Waals surface area contributed by atoms with E-state index in [1.807, 2.05) is 48.7 Å². The van der Waals surface area contributed by atoms with E-state index in [4.69, 9.17) is 4.74 Å². The summed E-state index contributed by atoms with van der Waals surface area (Å²) in [5, 5.41) is 6.98. The van der Waals surface area contributed by atoms with Crippen molar-refractivity contribution in [2.24, 2.45) is 0 Å². The van der Waals surface area contributed by atoms with E-state index in [1.165, 1.54) is 5.56 Å². The minimum Gasteiger partial charge on any atom is -0.489 e. The zero-order valence-electron chi connectivity index (χ0n) is 19.4. The zero-order valence-corrected chi connectivity index (χ0v) is 19.4. The first-order valence-corrected chi connectivity index (χ1v) is 11.3. The molecule has 0 unspecified atom stereocenters. The van der Waals surface area contributed by atoms with Crippen molar-refractivity contribution in [3.8, 4) is 5.75 Å². The molecule has 4 rings (SSSR count). The summed E-state index contributed by atoms with van der Waals surface area (Å²) in [6, 6.07) is 24.0. The molecule has 4 aromatic rings. The molecule has 1 heterocycles. The van der Waals surface area contributed by atoms with Crippen molar-refractivity contribution >= 4 is 22.6 Å². The molecular formula is C28H31N3O2. The Morgan fingerprint density at radius 3 is 2.45 bits per heavy atom. The fraction of sp³-hybridized carbons (Fsp3) is 0.250. The number of aromatic amines is 1. The van der Waals surface area contributed by atoms with Crippen LogP contribution < -0.4 is 15.4 Å². The summed E-state index contributed by atoms with van der Waals surface area (Å²) in [6.45, 7) is 7.60. The summed E-state index contributed by atoms with van der Waals surface area (Å²) < 4.78 is 5.92. The third kappa shape index (κ3) is 5.95. The highest BCUT2D eigenvalue weighted by atomic mass is 16.5. The van der Waals surface area contributed by atoms with E-state index in [-0.39, 0.29) is 11.4 Å². The van der Waals surface area contributed by atoms with E-state index < -0.39 is 0 Å². The molecule has 5 heteroatoms. The highest BCUT2D eigenvalue weighted by Gasteiger charge is 2.13. The number of aromatic nitrogens is 1. The number of benzene rings is 3. The van der Waals surface area contributed by atoms with Crippen LogP contribution in [0.1, 0.15) is 37.5 Å². The van der Waals surface area contributed by atoms with Gasteiger partial charge in [0, 0.05) is 35.4 Å². The van der Waals surface area contributed by atoms with E-state index in [0.717, 1.165) is 39.9 Å². The highest BCUT2D eigenvalue weighted by Crippen LogP contribution is 2.25. The summed E-state index contributed by atoms with van der Waals surface area (Å²) >= 11 is 0. The fourth-order valence-corrected chi connectivity index (χ4v) is 3.74. The summed E-state index contributed by atoms with van der Waals surface area (Å²) in [5.74, 6) is 0.828. The number of ether oxygens (including phenoxy) is 1. The predicted octanol–water partition coefficient (Wildman–Crippen LogP) is 6.41. The van der Waals surface area contributed by atoms with Gasteiger partial charge >= 0.3 is 6.03 Å². The average molecular weight is 442 g/mol. The third-order valence-electron chi connectivity index (χ3n) is 5.68. The average Bonchev–Trinajstić information content (AvgIpc) is 3.20. The predicted molar refractivity (Wildman–Crippen MR) is 135 cm³/mol. The van der Waals surface area contributed by atoms with Gasteiger partial charge in [-0.3, -0.25) is 0 Å². The second kappa shape index (κ2) is 9.82. The normalized spacial score (nSPS) is 11.4. The number of urea groups is 1. The number of H-pyrrole nitrogens is 1. The second-order valence-corrected chi connectivity index (χ2v) is 9.25. The van der Waals surface area contributed by atoms with Crippen LogP contribution in [0.3, 0.4) is 0 Å². The molecule has 170 valence electrons. The maximum absolute atomic E-state index is 12.3. The molecule has 0 aliphatic rings. The largest absolute Gasteiger partial charge is 0.489 e. The van der Waals surface area contributed by atoms with Gasteiger partial charge in [0.25, 0.3) is 0 Å². The standard InChI is InChI=1S/C28H31N3O2/c1-28(2,3)22-9-11-23(12-10-22)31-27(32)29-16-15-21-18-30-26-17-24(13-14-25(21)26)33-19-20-7-5-4-6-8-20/h4-14,17-18,30H,15-16,19H2,1-3H3,(H2,29,31,32). The molecule has 0 radical (unpaired) electrons. The Morgan fingerprint density at radius 2 is 1.73 bits per heavy atom. The van der Waals surface area contributed by atoms with Gasteiger partial charge in [0.1, 0.15) is 12.4 Å². The van der Waals surface area contributed by atoms with Crippen molar-refractivity contribution in [3.63, 3.8) is 0 Å². The molecule has 3 aromatic carbocycles. The summed E-state index contributed by atoms with van der Waals surface area (Å²) in [5.41, 5.74) is 5.44. The first-order chi connectivity index (χ1) is 15.9.